The molecule has 0 aromatic heterocycles. The van der Waals surface area contributed by atoms with Crippen LogP contribution in [0.25, 0.3) is 0 Å². The van der Waals surface area contributed by atoms with Crippen molar-refractivity contribution in [1.29, 1.82) is 0 Å². The molecule has 2 amide bonds. The van der Waals surface area contributed by atoms with Crippen LogP contribution in [-0.4, -0.2) is 65.4 Å². The molecular weight excluding hydrogens is 322 g/mol. The molecule has 7 nitrogen and oxygen atoms in total. The highest BCUT2D eigenvalue weighted by Gasteiger charge is 2.58. The third-order valence-electron chi connectivity index (χ3n) is 5.25. The molecule has 0 unspecified atom stereocenters. The number of carboxylic acid groups (broad SMARTS) is 1. The zero-order chi connectivity index (χ0) is 18.0. The predicted molar refractivity (Wildman–Crippen MR) is 90.5 cm³/mol. The molecule has 2 heterocycles. The molecule has 0 spiro atoms. The zero-order valence-corrected chi connectivity index (χ0v) is 14.3. The van der Waals surface area contributed by atoms with E-state index in [9.17, 15) is 19.5 Å². The lowest BCUT2D eigenvalue weighted by molar-refractivity contribution is -0.149. The number of aliphatic carboxylic acids is 1. The van der Waals surface area contributed by atoms with E-state index in [4.69, 9.17) is 0 Å². The van der Waals surface area contributed by atoms with Gasteiger partial charge in [0.25, 0.3) is 0 Å². The average Bonchev–Trinajstić information content (AvgIpc) is 3.09. The maximum absolute atomic E-state index is 12.2. The van der Waals surface area contributed by atoms with Gasteiger partial charge in [-0.2, -0.15) is 0 Å². The Labute approximate surface area is 146 Å². The van der Waals surface area contributed by atoms with E-state index in [-0.39, 0.29) is 30.8 Å². The van der Waals surface area contributed by atoms with Crippen LogP contribution in [0.5, 0.6) is 0 Å². The van der Waals surface area contributed by atoms with Crippen LogP contribution in [0.1, 0.15) is 12.5 Å². The van der Waals surface area contributed by atoms with Crippen molar-refractivity contribution in [3.8, 4) is 0 Å². The van der Waals surface area contributed by atoms with Gasteiger partial charge in [0.15, 0.2) is 0 Å². The standard InChI is InChI=1S/C18H23N3O4/c1-13(22)21-9-15-8-20(11-18(15,12-21)17(24)25)10-16(23)19-7-14-5-3-2-4-6-14/h2-6,15H,7-12H2,1H3,(H,19,23)(H,24,25)/t15-,18-/m0/s1. The molecule has 134 valence electrons. The van der Waals surface area contributed by atoms with Crippen LogP contribution < -0.4 is 5.32 Å². The molecule has 2 saturated heterocycles. The molecule has 0 radical (unpaired) electrons. The number of rotatable bonds is 5. The number of nitrogens with one attached hydrogen (secondary N) is 1. The predicted octanol–water partition coefficient (Wildman–Crippen LogP) is 0.168. The minimum Gasteiger partial charge on any atom is -0.481 e. The van der Waals surface area contributed by atoms with E-state index in [1.165, 1.54) is 6.92 Å². The van der Waals surface area contributed by atoms with Gasteiger partial charge in [-0.15, -0.1) is 0 Å². The summed E-state index contributed by atoms with van der Waals surface area (Å²) in [5.74, 6) is -1.22. The van der Waals surface area contributed by atoms with Crippen LogP contribution in [-0.2, 0) is 20.9 Å². The molecule has 1 aromatic carbocycles. The first kappa shape index (κ1) is 17.4. The van der Waals surface area contributed by atoms with Crippen LogP contribution in [0.2, 0.25) is 0 Å². The number of carbonyl (C=O) groups excluding carboxylic acids is 2. The summed E-state index contributed by atoms with van der Waals surface area (Å²) in [5, 5.41) is 12.6. The Hall–Kier alpha value is -2.41. The van der Waals surface area contributed by atoms with E-state index >= 15 is 0 Å². The minimum absolute atomic E-state index is 0.0952. The first-order valence-corrected chi connectivity index (χ1v) is 8.42. The van der Waals surface area contributed by atoms with Crippen molar-refractivity contribution in [1.82, 2.24) is 15.1 Å². The van der Waals surface area contributed by atoms with E-state index in [0.29, 0.717) is 26.2 Å². The average molecular weight is 345 g/mol. The fourth-order valence-corrected chi connectivity index (χ4v) is 3.89. The van der Waals surface area contributed by atoms with E-state index in [0.717, 1.165) is 5.56 Å². The highest BCUT2D eigenvalue weighted by Crippen LogP contribution is 2.42. The number of benzene rings is 1. The third kappa shape index (κ3) is 3.51. The van der Waals surface area contributed by atoms with Crippen LogP contribution >= 0.6 is 0 Å². The van der Waals surface area contributed by atoms with E-state index in [1.54, 1.807) is 4.90 Å². The first-order valence-electron chi connectivity index (χ1n) is 8.42. The molecule has 1 aromatic rings. The molecule has 25 heavy (non-hydrogen) atoms. The van der Waals surface area contributed by atoms with Crippen molar-refractivity contribution in [2.45, 2.75) is 13.5 Å². The van der Waals surface area contributed by atoms with Crippen molar-refractivity contribution in [2.75, 3.05) is 32.7 Å². The van der Waals surface area contributed by atoms with Crippen LogP contribution in [0, 0.1) is 11.3 Å². The summed E-state index contributed by atoms with van der Waals surface area (Å²) in [7, 11) is 0. The fraction of sp³-hybridized carbons (Fsp3) is 0.500. The Kier molecular flexibility index (Phi) is 4.76. The maximum atomic E-state index is 12.2. The van der Waals surface area contributed by atoms with Crippen molar-refractivity contribution in [3.05, 3.63) is 35.9 Å². The molecule has 0 aliphatic carbocycles. The van der Waals surface area contributed by atoms with Gasteiger partial charge in [0, 0.05) is 45.6 Å². The topological polar surface area (TPSA) is 90.0 Å². The highest BCUT2D eigenvalue weighted by atomic mass is 16.4. The number of hydrogen-bond acceptors (Lipinski definition) is 4. The summed E-state index contributed by atoms with van der Waals surface area (Å²) >= 11 is 0. The monoisotopic (exact) mass is 345 g/mol. The molecule has 0 bridgehead atoms. The zero-order valence-electron chi connectivity index (χ0n) is 14.3. The third-order valence-corrected chi connectivity index (χ3v) is 5.25. The Morgan fingerprint density at radius 2 is 1.92 bits per heavy atom. The molecule has 3 rings (SSSR count). The van der Waals surface area contributed by atoms with Gasteiger partial charge in [0.2, 0.25) is 11.8 Å². The summed E-state index contributed by atoms with van der Waals surface area (Å²) in [6.45, 7) is 3.60. The number of likely N-dealkylation sites (tertiary alicyclic amines) is 2. The second kappa shape index (κ2) is 6.84. The van der Waals surface area contributed by atoms with Crippen LogP contribution in [0.15, 0.2) is 30.3 Å². The molecule has 0 saturated carbocycles. The number of nitrogens with zero attached hydrogens (tertiary/aromatic N) is 2. The molecule has 2 aliphatic rings. The lowest BCUT2D eigenvalue weighted by Crippen LogP contribution is -2.43. The summed E-state index contributed by atoms with van der Waals surface area (Å²) < 4.78 is 0. The molecule has 2 atom stereocenters. The van der Waals surface area contributed by atoms with Gasteiger partial charge in [-0.05, 0) is 5.56 Å². The van der Waals surface area contributed by atoms with Gasteiger partial charge in [0.1, 0.15) is 5.41 Å². The van der Waals surface area contributed by atoms with Gasteiger partial charge >= 0.3 is 5.97 Å². The largest absolute Gasteiger partial charge is 0.481 e. The lowest BCUT2D eigenvalue weighted by atomic mass is 9.81. The first-order chi connectivity index (χ1) is 11.9. The van der Waals surface area contributed by atoms with Gasteiger partial charge in [0.05, 0.1) is 6.54 Å². The molecule has 2 fully saturated rings. The second-order valence-corrected chi connectivity index (χ2v) is 6.99. The number of hydrogen-bond donors (Lipinski definition) is 2. The molecule has 2 aliphatic heterocycles. The molecule has 7 heteroatoms. The fourth-order valence-electron chi connectivity index (χ4n) is 3.89. The summed E-state index contributed by atoms with van der Waals surface area (Å²) in [6, 6.07) is 9.64. The van der Waals surface area contributed by atoms with Gasteiger partial charge in [-0.1, -0.05) is 30.3 Å². The highest BCUT2D eigenvalue weighted by molar-refractivity contribution is 5.81. The van der Waals surface area contributed by atoms with E-state index in [2.05, 4.69) is 5.32 Å². The summed E-state index contributed by atoms with van der Waals surface area (Å²) in [6.07, 6.45) is 0. The Bertz CT molecular complexity index is 678. The Morgan fingerprint density at radius 3 is 2.52 bits per heavy atom. The van der Waals surface area contributed by atoms with E-state index < -0.39 is 11.4 Å². The van der Waals surface area contributed by atoms with Gasteiger partial charge in [-0.25, -0.2) is 0 Å². The van der Waals surface area contributed by atoms with Crippen molar-refractivity contribution in [3.63, 3.8) is 0 Å². The Morgan fingerprint density at radius 1 is 1.20 bits per heavy atom. The Balaban J connectivity index is 1.56. The molecular formula is C18H23N3O4. The summed E-state index contributed by atoms with van der Waals surface area (Å²) in [4.78, 5) is 39.1. The quantitative estimate of drug-likeness (QED) is 0.794. The number of amides is 2. The van der Waals surface area contributed by atoms with Crippen LogP contribution in [0.3, 0.4) is 0 Å². The number of carbonyl (C=O) groups is 3. The summed E-state index contributed by atoms with van der Waals surface area (Å²) in [5.41, 5.74) is 0.0685. The van der Waals surface area contributed by atoms with Crippen molar-refractivity contribution >= 4 is 17.8 Å². The maximum Gasteiger partial charge on any atom is 0.313 e. The van der Waals surface area contributed by atoms with Gasteiger partial charge in [-0.3, -0.25) is 19.3 Å². The molecule has 2 N–H and O–H groups in total. The van der Waals surface area contributed by atoms with Crippen molar-refractivity contribution in [2.24, 2.45) is 11.3 Å². The normalized spacial score (nSPS) is 25.6. The van der Waals surface area contributed by atoms with Crippen molar-refractivity contribution < 1.29 is 19.5 Å². The van der Waals surface area contributed by atoms with Gasteiger partial charge < -0.3 is 15.3 Å². The lowest BCUT2D eigenvalue weighted by Gasteiger charge is -2.24. The second-order valence-electron chi connectivity index (χ2n) is 6.99. The van der Waals surface area contributed by atoms with Crippen LogP contribution in [0.4, 0.5) is 0 Å². The smallest absolute Gasteiger partial charge is 0.313 e. The SMILES string of the molecule is CC(=O)N1C[C@@H]2CN(CC(=O)NCc3ccccc3)C[C@]2(C(=O)O)C1. The number of carboxylic acids is 1. The minimum atomic E-state index is -0.953. The number of fused-ring (bicyclic) bond motifs is 1. The van der Waals surface area contributed by atoms with E-state index in [1.807, 2.05) is 35.2 Å².